The monoisotopic (exact) mass is 437 g/mol. The number of rotatable bonds is 4. The zero-order valence-electron chi connectivity index (χ0n) is 17.3. The van der Waals surface area contributed by atoms with E-state index in [1.165, 1.54) is 0 Å². The van der Waals surface area contributed by atoms with Gasteiger partial charge in [-0.1, -0.05) is 43.7 Å². The van der Waals surface area contributed by atoms with Crippen LogP contribution in [0.1, 0.15) is 37.1 Å². The second-order valence-electron chi connectivity index (χ2n) is 8.08. The number of halogens is 3. The number of hydrogen-bond acceptors (Lipinski definition) is 4. The van der Waals surface area contributed by atoms with E-state index in [1.54, 1.807) is 0 Å². The van der Waals surface area contributed by atoms with E-state index in [4.69, 9.17) is 12.2 Å². The van der Waals surface area contributed by atoms with Gasteiger partial charge in [0.2, 0.25) is 5.95 Å². The lowest BCUT2D eigenvalue weighted by Crippen LogP contribution is -2.39. The Labute approximate surface area is 180 Å². The molecule has 1 aliphatic rings. The predicted molar refractivity (Wildman–Crippen MR) is 116 cm³/mol. The summed E-state index contributed by atoms with van der Waals surface area (Å²) in [5, 5.41) is 5.86. The summed E-state index contributed by atoms with van der Waals surface area (Å²) in [6.45, 7) is 7.95. The Kier molecular flexibility index (Phi) is 6.80. The Morgan fingerprint density at radius 2 is 1.77 bits per heavy atom. The minimum absolute atomic E-state index is 0.160. The first-order valence-electron chi connectivity index (χ1n) is 9.92. The van der Waals surface area contributed by atoms with Gasteiger partial charge in [-0.3, -0.25) is 0 Å². The van der Waals surface area contributed by atoms with Gasteiger partial charge in [0.05, 0.1) is 0 Å². The number of piperidine rings is 1. The second-order valence-corrected chi connectivity index (χ2v) is 8.49. The van der Waals surface area contributed by atoms with Crippen molar-refractivity contribution >= 4 is 29.1 Å². The third kappa shape index (κ3) is 6.04. The van der Waals surface area contributed by atoms with E-state index in [9.17, 15) is 13.2 Å². The average Bonchev–Trinajstić information content (AvgIpc) is 2.66. The van der Waals surface area contributed by atoms with Crippen LogP contribution in [0.15, 0.2) is 30.3 Å². The van der Waals surface area contributed by atoms with Crippen LogP contribution in [0.2, 0.25) is 0 Å². The third-order valence-electron chi connectivity index (χ3n) is 4.99. The van der Waals surface area contributed by atoms with Crippen LogP contribution >= 0.6 is 12.2 Å². The smallest absolute Gasteiger partial charge is 0.358 e. The Morgan fingerprint density at radius 1 is 1.13 bits per heavy atom. The zero-order chi connectivity index (χ0) is 21.9. The van der Waals surface area contributed by atoms with E-state index >= 15 is 0 Å². The van der Waals surface area contributed by atoms with Crippen LogP contribution < -0.4 is 15.5 Å². The fraction of sp³-hybridized carbons (Fsp3) is 0.476. The molecule has 0 spiro atoms. The summed E-state index contributed by atoms with van der Waals surface area (Å²) in [6, 6.07) is 8.90. The summed E-state index contributed by atoms with van der Waals surface area (Å²) in [6.07, 6.45) is -3.52. The van der Waals surface area contributed by atoms with E-state index in [-0.39, 0.29) is 16.9 Å². The van der Waals surface area contributed by atoms with E-state index in [0.717, 1.165) is 23.6 Å². The number of aryl methyl sites for hydroxylation is 1. The van der Waals surface area contributed by atoms with Gasteiger partial charge in [-0.05, 0) is 43.0 Å². The molecule has 30 heavy (non-hydrogen) atoms. The van der Waals surface area contributed by atoms with Crippen molar-refractivity contribution in [2.45, 2.75) is 39.9 Å². The van der Waals surface area contributed by atoms with Crippen LogP contribution in [0.3, 0.4) is 0 Å². The summed E-state index contributed by atoms with van der Waals surface area (Å²) < 4.78 is 40.3. The molecular formula is C21H26F3N5S. The first-order valence-corrected chi connectivity index (χ1v) is 10.3. The number of thiocarbonyl (C=S) groups is 1. The fourth-order valence-corrected chi connectivity index (χ4v) is 3.85. The molecule has 162 valence electrons. The van der Waals surface area contributed by atoms with E-state index < -0.39 is 11.9 Å². The number of hydrogen-bond donors (Lipinski definition) is 2. The SMILES string of the molecule is Cc1ccc(CNC(=S)Nc2nc(N3C[C@H](C)C[C@H](C)C3)cc(C(F)(F)F)n2)cc1. The molecule has 1 aliphatic heterocycles. The van der Waals surface area contributed by atoms with Gasteiger partial charge in [0.1, 0.15) is 5.82 Å². The molecule has 5 nitrogen and oxygen atoms in total. The normalized spacial score (nSPS) is 19.5. The van der Waals surface area contributed by atoms with Crippen LogP contribution in [-0.4, -0.2) is 28.2 Å². The molecule has 1 saturated heterocycles. The summed E-state index contributed by atoms with van der Waals surface area (Å²) in [7, 11) is 0. The molecule has 0 radical (unpaired) electrons. The van der Waals surface area contributed by atoms with Crippen LogP contribution in [0, 0.1) is 18.8 Å². The van der Waals surface area contributed by atoms with Crippen LogP contribution in [0.25, 0.3) is 0 Å². The Bertz CT molecular complexity index is 875. The lowest BCUT2D eigenvalue weighted by atomic mass is 9.92. The maximum atomic E-state index is 13.4. The Hall–Kier alpha value is -2.42. The minimum atomic E-state index is -4.57. The molecule has 2 N–H and O–H groups in total. The van der Waals surface area contributed by atoms with E-state index in [0.29, 0.717) is 31.5 Å². The molecule has 2 aromatic rings. The van der Waals surface area contributed by atoms with Gasteiger partial charge in [-0.2, -0.15) is 18.2 Å². The largest absolute Gasteiger partial charge is 0.433 e. The summed E-state index contributed by atoms with van der Waals surface area (Å²) >= 11 is 5.24. The minimum Gasteiger partial charge on any atom is -0.358 e. The molecule has 2 atom stereocenters. The summed E-state index contributed by atoms with van der Waals surface area (Å²) in [5.41, 5.74) is 1.17. The lowest BCUT2D eigenvalue weighted by molar-refractivity contribution is -0.141. The zero-order valence-corrected chi connectivity index (χ0v) is 18.1. The van der Waals surface area contributed by atoms with Gasteiger partial charge in [0.15, 0.2) is 10.8 Å². The maximum absolute atomic E-state index is 13.4. The first kappa shape index (κ1) is 22.3. The van der Waals surface area contributed by atoms with Crippen molar-refractivity contribution < 1.29 is 13.2 Å². The van der Waals surface area contributed by atoms with Gasteiger partial charge in [-0.15, -0.1) is 0 Å². The molecule has 0 bridgehead atoms. The summed E-state index contributed by atoms with van der Waals surface area (Å²) in [4.78, 5) is 9.86. The van der Waals surface area contributed by atoms with Gasteiger partial charge >= 0.3 is 6.18 Å². The first-order chi connectivity index (χ1) is 14.1. The molecule has 1 aromatic carbocycles. The van der Waals surface area contributed by atoms with Crippen LogP contribution in [-0.2, 0) is 12.7 Å². The van der Waals surface area contributed by atoms with E-state index in [2.05, 4.69) is 34.4 Å². The molecule has 3 rings (SSSR count). The summed E-state index contributed by atoms with van der Waals surface area (Å²) in [5.74, 6) is 0.866. The van der Waals surface area contributed by atoms with Gasteiger partial charge in [0, 0.05) is 25.7 Å². The lowest BCUT2D eigenvalue weighted by Gasteiger charge is -2.36. The molecule has 1 fully saturated rings. The highest BCUT2D eigenvalue weighted by atomic mass is 32.1. The van der Waals surface area contributed by atoms with Crippen molar-refractivity contribution in [2.24, 2.45) is 11.8 Å². The Balaban J connectivity index is 1.75. The highest BCUT2D eigenvalue weighted by Gasteiger charge is 2.35. The number of anilines is 2. The fourth-order valence-electron chi connectivity index (χ4n) is 3.68. The molecule has 1 aromatic heterocycles. The molecule has 0 amide bonds. The standard InChI is InChI=1S/C21H26F3N5S/c1-13-4-6-16(7-5-13)10-25-20(30)28-19-26-17(21(22,23)24)9-18(27-19)29-11-14(2)8-15(3)12-29/h4-7,9,14-15H,8,10-12H2,1-3H3,(H2,25,26,27,28,30)/t14-,15+. The van der Waals surface area contributed by atoms with Crippen LogP contribution in [0.4, 0.5) is 24.9 Å². The quantitative estimate of drug-likeness (QED) is 0.672. The van der Waals surface area contributed by atoms with Crippen molar-refractivity contribution in [3.05, 3.63) is 47.2 Å². The molecule has 0 aliphatic carbocycles. The van der Waals surface area contributed by atoms with Crippen molar-refractivity contribution in [1.82, 2.24) is 15.3 Å². The van der Waals surface area contributed by atoms with Gasteiger partial charge in [0.25, 0.3) is 0 Å². The third-order valence-corrected chi connectivity index (χ3v) is 5.24. The van der Waals surface area contributed by atoms with Crippen LogP contribution in [0.5, 0.6) is 0 Å². The molecule has 0 saturated carbocycles. The van der Waals surface area contributed by atoms with E-state index in [1.807, 2.05) is 36.1 Å². The van der Waals surface area contributed by atoms with Crippen molar-refractivity contribution in [3.63, 3.8) is 0 Å². The van der Waals surface area contributed by atoms with Crippen molar-refractivity contribution in [3.8, 4) is 0 Å². The predicted octanol–water partition coefficient (Wildman–Crippen LogP) is 4.77. The molecule has 2 heterocycles. The number of nitrogens with one attached hydrogen (secondary N) is 2. The average molecular weight is 438 g/mol. The maximum Gasteiger partial charge on any atom is 0.433 e. The van der Waals surface area contributed by atoms with Gasteiger partial charge in [-0.25, -0.2) is 4.98 Å². The topological polar surface area (TPSA) is 53.1 Å². The van der Waals surface area contributed by atoms with Gasteiger partial charge < -0.3 is 15.5 Å². The highest BCUT2D eigenvalue weighted by Crippen LogP contribution is 2.32. The number of alkyl halides is 3. The highest BCUT2D eigenvalue weighted by molar-refractivity contribution is 7.80. The second kappa shape index (κ2) is 9.16. The Morgan fingerprint density at radius 3 is 2.37 bits per heavy atom. The number of aromatic nitrogens is 2. The number of benzene rings is 1. The van der Waals surface area contributed by atoms with Crippen molar-refractivity contribution in [2.75, 3.05) is 23.3 Å². The molecule has 9 heteroatoms. The number of nitrogens with zero attached hydrogens (tertiary/aromatic N) is 3. The molecular weight excluding hydrogens is 411 g/mol. The van der Waals surface area contributed by atoms with Crippen molar-refractivity contribution in [1.29, 1.82) is 0 Å². The molecule has 0 unspecified atom stereocenters.